The second-order valence-electron chi connectivity index (χ2n) is 7.69. The van der Waals surface area contributed by atoms with Crippen LogP contribution in [0.1, 0.15) is 48.3 Å². The summed E-state index contributed by atoms with van der Waals surface area (Å²) in [5.41, 5.74) is 2.36. The van der Waals surface area contributed by atoms with Gasteiger partial charge in [0, 0.05) is 36.5 Å². The molecule has 7 heteroatoms. The standard InChI is InChI=1S/C23H27ClN4O2/c1-16(2)17(3)28(13-18-6-8-20(24)9-7-18)14-22-27-21(15-30-22)23(29)26-12-19-5-4-10-25-11-19/h4-11,15-17H,12-14H2,1-3H3,(H,26,29). The molecule has 1 aromatic carbocycles. The molecule has 0 saturated heterocycles. The van der Waals surface area contributed by atoms with E-state index in [0.29, 0.717) is 30.9 Å². The van der Waals surface area contributed by atoms with Gasteiger partial charge in [0.15, 0.2) is 5.69 Å². The first kappa shape index (κ1) is 22.0. The van der Waals surface area contributed by atoms with E-state index in [1.807, 2.05) is 36.4 Å². The highest BCUT2D eigenvalue weighted by Gasteiger charge is 2.21. The lowest BCUT2D eigenvalue weighted by Crippen LogP contribution is -2.36. The van der Waals surface area contributed by atoms with Crippen molar-refractivity contribution < 1.29 is 9.21 Å². The number of aromatic nitrogens is 2. The zero-order chi connectivity index (χ0) is 21.5. The molecule has 0 aliphatic heterocycles. The summed E-state index contributed by atoms with van der Waals surface area (Å²) in [5, 5.41) is 3.56. The van der Waals surface area contributed by atoms with Crippen molar-refractivity contribution in [2.75, 3.05) is 0 Å². The first-order chi connectivity index (χ1) is 14.4. The maximum absolute atomic E-state index is 12.4. The fourth-order valence-electron chi connectivity index (χ4n) is 3.03. The van der Waals surface area contributed by atoms with Crippen LogP contribution in [-0.4, -0.2) is 26.8 Å². The van der Waals surface area contributed by atoms with E-state index in [-0.39, 0.29) is 11.6 Å². The van der Waals surface area contributed by atoms with Gasteiger partial charge < -0.3 is 9.73 Å². The van der Waals surface area contributed by atoms with Crippen molar-refractivity contribution in [1.82, 2.24) is 20.2 Å². The number of benzene rings is 1. The summed E-state index contributed by atoms with van der Waals surface area (Å²) in [7, 11) is 0. The molecule has 0 bridgehead atoms. The molecular weight excluding hydrogens is 400 g/mol. The Morgan fingerprint density at radius 1 is 1.13 bits per heavy atom. The van der Waals surface area contributed by atoms with Crippen LogP contribution in [0.4, 0.5) is 0 Å². The average molecular weight is 427 g/mol. The Bertz CT molecular complexity index is 941. The molecule has 0 radical (unpaired) electrons. The summed E-state index contributed by atoms with van der Waals surface area (Å²) in [6.07, 6.45) is 4.83. The predicted octanol–water partition coefficient (Wildman–Crippen LogP) is 4.70. The lowest BCUT2D eigenvalue weighted by atomic mass is 10.0. The van der Waals surface area contributed by atoms with Crippen molar-refractivity contribution in [3.05, 3.63) is 82.8 Å². The number of hydrogen-bond donors (Lipinski definition) is 1. The van der Waals surface area contributed by atoms with E-state index in [4.69, 9.17) is 16.0 Å². The summed E-state index contributed by atoms with van der Waals surface area (Å²) < 4.78 is 5.61. The van der Waals surface area contributed by atoms with Gasteiger partial charge in [-0.15, -0.1) is 0 Å². The van der Waals surface area contributed by atoms with Crippen molar-refractivity contribution >= 4 is 17.5 Å². The Hall–Kier alpha value is -2.70. The normalized spacial score (nSPS) is 12.3. The summed E-state index contributed by atoms with van der Waals surface area (Å²) >= 11 is 6.01. The Kier molecular flexibility index (Phi) is 7.60. The molecule has 0 spiro atoms. The molecule has 3 aromatic rings. The first-order valence-electron chi connectivity index (χ1n) is 10.0. The summed E-state index contributed by atoms with van der Waals surface area (Å²) in [6.45, 7) is 8.20. The third kappa shape index (κ3) is 6.15. The third-order valence-corrected chi connectivity index (χ3v) is 5.39. The molecule has 0 saturated carbocycles. The maximum atomic E-state index is 12.4. The Morgan fingerprint density at radius 2 is 1.90 bits per heavy atom. The number of amides is 1. The highest BCUT2D eigenvalue weighted by molar-refractivity contribution is 6.30. The lowest BCUT2D eigenvalue weighted by Gasteiger charge is -2.30. The molecule has 3 rings (SSSR count). The van der Waals surface area contributed by atoms with Gasteiger partial charge in [0.25, 0.3) is 5.91 Å². The second-order valence-corrected chi connectivity index (χ2v) is 8.12. The first-order valence-corrected chi connectivity index (χ1v) is 10.4. The fraction of sp³-hybridized carbons (Fsp3) is 0.348. The van der Waals surface area contributed by atoms with Gasteiger partial charge >= 0.3 is 0 Å². The molecule has 0 aliphatic carbocycles. The van der Waals surface area contributed by atoms with Gasteiger partial charge in [0.05, 0.1) is 6.54 Å². The number of carbonyl (C=O) groups is 1. The maximum Gasteiger partial charge on any atom is 0.273 e. The Balaban J connectivity index is 1.65. The van der Waals surface area contributed by atoms with E-state index in [1.54, 1.807) is 12.4 Å². The van der Waals surface area contributed by atoms with E-state index < -0.39 is 0 Å². The SMILES string of the molecule is CC(C)C(C)N(Cc1ccc(Cl)cc1)Cc1nc(C(=O)NCc2cccnc2)co1. The van der Waals surface area contributed by atoms with Crippen molar-refractivity contribution in [3.8, 4) is 0 Å². The molecule has 1 N–H and O–H groups in total. The Morgan fingerprint density at radius 3 is 2.57 bits per heavy atom. The number of nitrogens with one attached hydrogen (secondary N) is 1. The minimum absolute atomic E-state index is 0.269. The number of carbonyl (C=O) groups excluding carboxylic acids is 1. The van der Waals surface area contributed by atoms with Crippen LogP contribution in [0, 0.1) is 5.92 Å². The Labute approximate surface area is 182 Å². The smallest absolute Gasteiger partial charge is 0.273 e. The van der Waals surface area contributed by atoms with Gasteiger partial charge in [-0.2, -0.15) is 0 Å². The molecule has 2 heterocycles. The van der Waals surface area contributed by atoms with Crippen LogP contribution in [0.15, 0.2) is 59.5 Å². The van der Waals surface area contributed by atoms with Crippen molar-refractivity contribution in [3.63, 3.8) is 0 Å². The van der Waals surface area contributed by atoms with Crippen LogP contribution in [-0.2, 0) is 19.6 Å². The molecule has 0 fully saturated rings. The van der Waals surface area contributed by atoms with Crippen molar-refractivity contribution in [1.29, 1.82) is 0 Å². The fourth-order valence-corrected chi connectivity index (χ4v) is 3.15. The van der Waals surface area contributed by atoms with Crippen molar-refractivity contribution in [2.45, 2.75) is 46.4 Å². The quantitative estimate of drug-likeness (QED) is 0.537. The van der Waals surface area contributed by atoms with Gasteiger partial charge in [0.2, 0.25) is 5.89 Å². The van der Waals surface area contributed by atoms with Gasteiger partial charge in [-0.3, -0.25) is 14.7 Å². The number of nitrogens with zero attached hydrogens (tertiary/aromatic N) is 3. The number of rotatable bonds is 9. The van der Waals surface area contributed by atoms with Crippen molar-refractivity contribution in [2.24, 2.45) is 5.92 Å². The van der Waals surface area contributed by atoms with Gasteiger partial charge in [-0.1, -0.05) is 43.6 Å². The van der Waals surface area contributed by atoms with Gasteiger partial charge in [0.1, 0.15) is 6.26 Å². The van der Waals surface area contributed by atoms with Crippen LogP contribution in [0.3, 0.4) is 0 Å². The van der Waals surface area contributed by atoms with Gasteiger partial charge in [-0.05, 0) is 42.2 Å². The highest BCUT2D eigenvalue weighted by Crippen LogP contribution is 2.19. The predicted molar refractivity (Wildman–Crippen MR) is 117 cm³/mol. The number of hydrogen-bond acceptors (Lipinski definition) is 5. The summed E-state index contributed by atoms with van der Waals surface area (Å²) in [4.78, 5) is 23.1. The second kappa shape index (κ2) is 10.4. The minimum Gasteiger partial charge on any atom is -0.447 e. The largest absolute Gasteiger partial charge is 0.447 e. The monoisotopic (exact) mass is 426 g/mol. The molecule has 1 amide bonds. The van der Waals surface area contributed by atoms with E-state index >= 15 is 0 Å². The zero-order valence-corrected chi connectivity index (χ0v) is 18.3. The van der Waals surface area contributed by atoms with E-state index in [1.165, 1.54) is 6.26 Å². The molecule has 30 heavy (non-hydrogen) atoms. The van der Waals surface area contributed by atoms with Crippen LogP contribution < -0.4 is 5.32 Å². The molecular formula is C23H27ClN4O2. The van der Waals surface area contributed by atoms with Crippen LogP contribution in [0.5, 0.6) is 0 Å². The number of pyridine rings is 1. The summed E-state index contributed by atoms with van der Waals surface area (Å²) in [6, 6.07) is 11.9. The zero-order valence-electron chi connectivity index (χ0n) is 17.5. The molecule has 0 aliphatic rings. The average Bonchev–Trinajstić information content (AvgIpc) is 3.22. The van der Waals surface area contributed by atoms with E-state index in [2.05, 4.69) is 41.0 Å². The summed E-state index contributed by atoms with van der Waals surface area (Å²) in [5.74, 6) is 0.701. The third-order valence-electron chi connectivity index (χ3n) is 5.14. The highest BCUT2D eigenvalue weighted by atomic mass is 35.5. The topological polar surface area (TPSA) is 71.3 Å². The molecule has 158 valence electrons. The minimum atomic E-state index is -0.269. The molecule has 2 aromatic heterocycles. The van der Waals surface area contributed by atoms with Crippen LogP contribution in [0.2, 0.25) is 5.02 Å². The lowest BCUT2D eigenvalue weighted by molar-refractivity contribution is 0.0945. The number of halogens is 1. The van der Waals surface area contributed by atoms with E-state index in [0.717, 1.165) is 22.7 Å². The molecule has 1 atom stereocenters. The van der Waals surface area contributed by atoms with Crippen LogP contribution in [0.25, 0.3) is 0 Å². The number of oxazole rings is 1. The molecule has 6 nitrogen and oxygen atoms in total. The van der Waals surface area contributed by atoms with Crippen LogP contribution >= 0.6 is 11.6 Å². The van der Waals surface area contributed by atoms with E-state index in [9.17, 15) is 4.79 Å². The van der Waals surface area contributed by atoms with Gasteiger partial charge in [-0.25, -0.2) is 4.98 Å². The molecule has 1 unspecified atom stereocenters.